The molecule has 6 nitrogen and oxygen atoms in total. The first-order valence-corrected chi connectivity index (χ1v) is 6.74. The Morgan fingerprint density at radius 3 is 2.48 bits per heavy atom. The summed E-state index contributed by atoms with van der Waals surface area (Å²) in [6, 6.07) is 9.20. The van der Waals surface area contributed by atoms with E-state index < -0.39 is 24.1 Å². The Balaban J connectivity index is 2.52. The second-order valence-corrected chi connectivity index (χ2v) is 4.89. The number of ether oxygens (including phenoxy) is 2. The predicted molar refractivity (Wildman–Crippen MR) is 76.5 cm³/mol. The summed E-state index contributed by atoms with van der Waals surface area (Å²) in [7, 11) is 0. The molecule has 1 aromatic carbocycles. The zero-order chi connectivity index (χ0) is 15.7. The topological polar surface area (TPSA) is 84.9 Å². The van der Waals surface area contributed by atoms with Gasteiger partial charge in [-0.2, -0.15) is 0 Å². The van der Waals surface area contributed by atoms with Crippen LogP contribution in [0.2, 0.25) is 0 Å². The van der Waals surface area contributed by atoms with Crippen LogP contribution in [0, 0.1) is 5.41 Å². The van der Waals surface area contributed by atoms with Gasteiger partial charge in [-0.1, -0.05) is 30.3 Å². The van der Waals surface area contributed by atoms with E-state index in [2.05, 4.69) is 5.32 Å². The molecule has 0 radical (unpaired) electrons. The second-order valence-electron chi connectivity index (χ2n) is 4.89. The van der Waals surface area contributed by atoms with Gasteiger partial charge in [0.15, 0.2) is 0 Å². The van der Waals surface area contributed by atoms with Crippen LogP contribution >= 0.6 is 0 Å². The number of nitrogens with one attached hydrogen (secondary N) is 1. The summed E-state index contributed by atoms with van der Waals surface area (Å²) in [5.74, 6) is -0.613. The van der Waals surface area contributed by atoms with Gasteiger partial charge < -0.3 is 19.9 Å². The molecule has 0 aliphatic carbocycles. The maximum atomic E-state index is 12.0. The summed E-state index contributed by atoms with van der Waals surface area (Å²) in [6.07, 6.45) is -0.631. The minimum Gasteiger partial charge on any atom is -0.460 e. The van der Waals surface area contributed by atoms with Crippen molar-refractivity contribution in [2.24, 2.45) is 5.41 Å². The van der Waals surface area contributed by atoms with Crippen LogP contribution in [0.15, 0.2) is 30.3 Å². The maximum Gasteiger partial charge on any atom is 0.407 e. The normalized spacial score (nSPS) is 13.1. The first-order valence-electron chi connectivity index (χ1n) is 6.74. The molecular weight excluding hydrogens is 274 g/mol. The highest BCUT2D eigenvalue weighted by molar-refractivity contribution is 5.77. The van der Waals surface area contributed by atoms with Crippen molar-refractivity contribution in [1.82, 2.24) is 5.32 Å². The Kier molecular flexibility index (Phi) is 6.68. The maximum absolute atomic E-state index is 12.0. The summed E-state index contributed by atoms with van der Waals surface area (Å²) in [6.45, 7) is 3.05. The number of amides is 1. The zero-order valence-electron chi connectivity index (χ0n) is 12.3. The fourth-order valence-electron chi connectivity index (χ4n) is 1.49. The lowest BCUT2D eigenvalue weighted by atomic mass is 9.93. The average Bonchev–Trinajstić information content (AvgIpc) is 2.51. The number of carbonyl (C=O) groups is 2. The molecule has 0 aliphatic heterocycles. The van der Waals surface area contributed by atoms with Gasteiger partial charge in [0.1, 0.15) is 18.6 Å². The molecule has 1 unspecified atom stereocenters. The number of carbonyl (C=O) groups excluding carboxylic acids is 2. The van der Waals surface area contributed by atoms with Gasteiger partial charge in [-0.15, -0.1) is 0 Å². The van der Waals surface area contributed by atoms with Gasteiger partial charge in [0.05, 0.1) is 6.61 Å². The third kappa shape index (κ3) is 5.43. The third-order valence-corrected chi connectivity index (χ3v) is 2.90. The molecule has 2 N–H and O–H groups in total. The molecule has 116 valence electrons. The molecule has 0 bridgehead atoms. The zero-order valence-corrected chi connectivity index (χ0v) is 12.3. The molecule has 0 aliphatic rings. The number of rotatable bonds is 7. The molecule has 1 rings (SSSR count). The molecule has 1 aromatic rings. The van der Waals surface area contributed by atoms with Crippen LogP contribution in [-0.4, -0.2) is 36.9 Å². The van der Waals surface area contributed by atoms with Crippen LogP contribution in [-0.2, 0) is 20.9 Å². The quantitative estimate of drug-likeness (QED) is 0.744. The molecule has 0 aromatic heterocycles. The Morgan fingerprint density at radius 1 is 1.24 bits per heavy atom. The van der Waals surface area contributed by atoms with E-state index in [4.69, 9.17) is 9.47 Å². The molecular formula is C15H21NO5. The van der Waals surface area contributed by atoms with Crippen molar-refractivity contribution in [3.8, 4) is 0 Å². The van der Waals surface area contributed by atoms with Gasteiger partial charge >= 0.3 is 12.1 Å². The fraction of sp³-hybridized carbons (Fsp3) is 0.467. The lowest BCUT2D eigenvalue weighted by Gasteiger charge is -2.24. The molecule has 0 fully saturated rings. The predicted octanol–water partition coefficient (Wildman–Crippen LogP) is 1.47. The van der Waals surface area contributed by atoms with Crippen LogP contribution in [0.5, 0.6) is 0 Å². The number of benzene rings is 1. The molecule has 1 atom stereocenters. The fourth-order valence-corrected chi connectivity index (χ4v) is 1.49. The average molecular weight is 295 g/mol. The van der Waals surface area contributed by atoms with E-state index in [-0.39, 0.29) is 13.2 Å². The smallest absolute Gasteiger partial charge is 0.407 e. The molecule has 0 saturated heterocycles. The number of aliphatic hydroxyl groups is 1. The molecule has 0 heterocycles. The van der Waals surface area contributed by atoms with Crippen molar-refractivity contribution in [2.75, 3.05) is 19.8 Å². The number of esters is 1. The monoisotopic (exact) mass is 295 g/mol. The Bertz CT molecular complexity index is 462. The van der Waals surface area contributed by atoms with E-state index in [1.165, 1.54) is 6.92 Å². The third-order valence-electron chi connectivity index (χ3n) is 2.90. The first-order chi connectivity index (χ1) is 10.0. The van der Waals surface area contributed by atoms with Crippen molar-refractivity contribution in [1.29, 1.82) is 0 Å². The highest BCUT2D eigenvalue weighted by Crippen LogP contribution is 2.19. The summed E-state index contributed by atoms with van der Waals surface area (Å²) in [4.78, 5) is 23.3. The number of hydrogen-bond donors (Lipinski definition) is 2. The molecule has 21 heavy (non-hydrogen) atoms. The Labute approximate surface area is 124 Å². The highest BCUT2D eigenvalue weighted by Gasteiger charge is 2.36. The lowest BCUT2D eigenvalue weighted by Crippen LogP contribution is -2.40. The Hall–Kier alpha value is -2.08. The van der Waals surface area contributed by atoms with Gasteiger partial charge in [0, 0.05) is 6.54 Å². The van der Waals surface area contributed by atoms with Crippen LogP contribution in [0.25, 0.3) is 0 Å². The van der Waals surface area contributed by atoms with Crippen LogP contribution in [0.1, 0.15) is 19.4 Å². The van der Waals surface area contributed by atoms with E-state index in [1.54, 1.807) is 6.92 Å². The van der Waals surface area contributed by atoms with Crippen molar-refractivity contribution < 1.29 is 24.2 Å². The van der Waals surface area contributed by atoms with Crippen molar-refractivity contribution >= 4 is 12.1 Å². The summed E-state index contributed by atoms with van der Waals surface area (Å²) in [5.41, 5.74) is -0.435. The van der Waals surface area contributed by atoms with Gasteiger partial charge in [-0.3, -0.25) is 4.79 Å². The molecule has 1 amide bonds. The van der Waals surface area contributed by atoms with E-state index >= 15 is 0 Å². The van der Waals surface area contributed by atoms with E-state index in [0.29, 0.717) is 6.54 Å². The minimum absolute atomic E-state index is 0.108. The van der Waals surface area contributed by atoms with Gasteiger partial charge in [-0.05, 0) is 19.4 Å². The number of alkyl carbamates (subject to hydrolysis) is 1. The Morgan fingerprint density at radius 2 is 1.90 bits per heavy atom. The molecule has 0 saturated carbocycles. The SMILES string of the molecule is CCNC(=O)OCC(C)(CO)C(=O)OCc1ccccc1. The summed E-state index contributed by atoms with van der Waals surface area (Å²) < 4.78 is 10.1. The second kappa shape index (κ2) is 8.26. The standard InChI is InChI=1S/C15H21NO5/c1-3-16-14(19)21-11-15(2,10-17)13(18)20-9-12-7-5-4-6-8-12/h4-8,17H,3,9-11H2,1-2H3,(H,16,19). The van der Waals surface area contributed by atoms with E-state index in [9.17, 15) is 14.7 Å². The van der Waals surface area contributed by atoms with E-state index in [0.717, 1.165) is 5.56 Å². The van der Waals surface area contributed by atoms with Crippen LogP contribution in [0.3, 0.4) is 0 Å². The first kappa shape index (κ1) is 17.0. The van der Waals surface area contributed by atoms with Crippen molar-refractivity contribution in [2.45, 2.75) is 20.5 Å². The van der Waals surface area contributed by atoms with Crippen molar-refractivity contribution in [3.63, 3.8) is 0 Å². The number of hydrogen-bond acceptors (Lipinski definition) is 5. The molecule has 0 spiro atoms. The number of aliphatic hydroxyl groups excluding tert-OH is 1. The largest absolute Gasteiger partial charge is 0.460 e. The lowest BCUT2D eigenvalue weighted by molar-refractivity contribution is -0.161. The van der Waals surface area contributed by atoms with Crippen LogP contribution < -0.4 is 5.32 Å². The molecule has 6 heteroatoms. The minimum atomic E-state index is -1.28. The van der Waals surface area contributed by atoms with Gasteiger partial charge in [-0.25, -0.2) is 4.79 Å². The van der Waals surface area contributed by atoms with Gasteiger partial charge in [0.2, 0.25) is 0 Å². The summed E-state index contributed by atoms with van der Waals surface area (Å²) >= 11 is 0. The van der Waals surface area contributed by atoms with Gasteiger partial charge in [0.25, 0.3) is 0 Å². The summed E-state index contributed by atoms with van der Waals surface area (Å²) in [5, 5.41) is 11.8. The van der Waals surface area contributed by atoms with E-state index in [1.807, 2.05) is 30.3 Å². The van der Waals surface area contributed by atoms with Crippen molar-refractivity contribution in [3.05, 3.63) is 35.9 Å². The highest BCUT2D eigenvalue weighted by atomic mass is 16.6. The van der Waals surface area contributed by atoms with Crippen LogP contribution in [0.4, 0.5) is 4.79 Å².